The number of morpholine rings is 1. The number of ether oxygens (including phenoxy) is 1. The summed E-state index contributed by atoms with van der Waals surface area (Å²) in [4.78, 5) is 33.7. The Morgan fingerprint density at radius 3 is 2.86 bits per heavy atom. The van der Waals surface area contributed by atoms with Crippen LogP contribution in [-0.2, 0) is 4.74 Å². The minimum atomic E-state index is -0.685. The van der Waals surface area contributed by atoms with E-state index in [2.05, 4.69) is 29.9 Å². The maximum Gasteiger partial charge on any atom is 0.439 e. The molecule has 0 unspecified atom stereocenters. The minimum absolute atomic E-state index is 0.201. The van der Waals surface area contributed by atoms with Gasteiger partial charge in [-0.1, -0.05) is 28.1 Å². The number of rotatable bonds is 4. The summed E-state index contributed by atoms with van der Waals surface area (Å²) < 4.78 is 9.91. The quantitative estimate of drug-likeness (QED) is 0.665. The highest BCUT2D eigenvalue weighted by molar-refractivity contribution is 7.17. The second-order valence-corrected chi connectivity index (χ2v) is 7.51. The number of carbonyl (C=O) groups is 1. The van der Waals surface area contributed by atoms with Crippen LogP contribution in [0.2, 0.25) is 5.02 Å². The van der Waals surface area contributed by atoms with Gasteiger partial charge >= 0.3 is 5.76 Å². The molecule has 1 aliphatic heterocycles. The highest BCUT2D eigenvalue weighted by atomic mass is 35.5. The van der Waals surface area contributed by atoms with Crippen molar-refractivity contribution < 1.29 is 14.1 Å². The van der Waals surface area contributed by atoms with E-state index in [1.165, 1.54) is 11.3 Å². The lowest BCUT2D eigenvalue weighted by atomic mass is 10.1. The van der Waals surface area contributed by atoms with Crippen LogP contribution < -0.4 is 16.0 Å². The van der Waals surface area contributed by atoms with Crippen molar-refractivity contribution in [2.45, 2.75) is 6.92 Å². The second kappa shape index (κ2) is 7.74. The summed E-state index contributed by atoms with van der Waals surface area (Å²) in [5, 5.41) is 7.73. The Kier molecular flexibility index (Phi) is 5.16. The number of hydrogen-bond donors (Lipinski definition) is 2. The number of nitrogens with zero attached hydrogens (tertiary/aromatic N) is 3. The van der Waals surface area contributed by atoms with Gasteiger partial charge in [0.05, 0.1) is 24.6 Å². The highest BCUT2D eigenvalue weighted by Gasteiger charge is 2.22. The van der Waals surface area contributed by atoms with E-state index in [4.69, 9.17) is 16.3 Å². The number of carbonyl (C=O) groups excluding carboxylic acids is 1. The molecule has 0 spiro atoms. The van der Waals surface area contributed by atoms with Crippen molar-refractivity contribution in [2.24, 2.45) is 0 Å². The Labute approximate surface area is 168 Å². The number of hydrogen-bond acceptors (Lipinski definition) is 8. The van der Waals surface area contributed by atoms with E-state index >= 15 is 0 Å². The number of aromatic nitrogens is 3. The molecule has 2 N–H and O–H groups in total. The number of thiazole rings is 1. The smallest absolute Gasteiger partial charge is 0.378 e. The van der Waals surface area contributed by atoms with Gasteiger partial charge in [-0.25, -0.2) is 9.78 Å². The molecule has 1 saturated heterocycles. The molecule has 0 saturated carbocycles. The molecule has 9 nitrogen and oxygen atoms in total. The molecule has 146 valence electrons. The topological polar surface area (TPSA) is 113 Å². The molecule has 0 atom stereocenters. The molecule has 0 radical (unpaired) electrons. The van der Waals surface area contributed by atoms with E-state index in [9.17, 15) is 9.59 Å². The number of nitrogens with one attached hydrogen (secondary N) is 2. The molecule has 3 heterocycles. The van der Waals surface area contributed by atoms with Crippen LogP contribution in [0.4, 0.5) is 10.8 Å². The van der Waals surface area contributed by atoms with Crippen LogP contribution in [0.5, 0.6) is 0 Å². The van der Waals surface area contributed by atoms with Crippen LogP contribution in [0, 0.1) is 6.92 Å². The second-order valence-electron chi connectivity index (χ2n) is 6.10. The minimum Gasteiger partial charge on any atom is -0.378 e. The molecule has 28 heavy (non-hydrogen) atoms. The lowest BCUT2D eigenvalue weighted by Crippen LogP contribution is -2.36. The molecule has 2 aromatic heterocycles. The van der Waals surface area contributed by atoms with Gasteiger partial charge in [0.1, 0.15) is 4.88 Å². The first-order valence-corrected chi connectivity index (χ1v) is 9.68. The largest absolute Gasteiger partial charge is 0.439 e. The van der Waals surface area contributed by atoms with Gasteiger partial charge in [0, 0.05) is 23.7 Å². The van der Waals surface area contributed by atoms with Crippen molar-refractivity contribution in [3.8, 4) is 11.4 Å². The number of H-pyrrole nitrogens is 1. The van der Waals surface area contributed by atoms with Gasteiger partial charge in [-0.05, 0) is 25.1 Å². The van der Waals surface area contributed by atoms with Crippen LogP contribution in [0.1, 0.15) is 15.4 Å². The summed E-state index contributed by atoms with van der Waals surface area (Å²) in [7, 11) is 0. The predicted molar refractivity (Wildman–Crippen MR) is 105 cm³/mol. The van der Waals surface area contributed by atoms with E-state index in [0.29, 0.717) is 40.1 Å². The van der Waals surface area contributed by atoms with Crippen molar-refractivity contribution >= 4 is 39.7 Å². The molecule has 1 amide bonds. The van der Waals surface area contributed by atoms with E-state index in [0.717, 1.165) is 18.2 Å². The lowest BCUT2D eigenvalue weighted by Gasteiger charge is -2.25. The standard InChI is InChI=1S/C17H16ClN5O4S/c1-9-13(28-16(19-9)23-4-6-26-7-5-23)15(24)20-12-8-10(18)2-3-11(12)14-21-17(25)27-22-14/h2-3,8H,4-7H2,1H3,(H,20,24)(H,21,22,25). The highest BCUT2D eigenvalue weighted by Crippen LogP contribution is 2.31. The van der Waals surface area contributed by atoms with Crippen molar-refractivity contribution in [3.63, 3.8) is 0 Å². The summed E-state index contributed by atoms with van der Waals surface area (Å²) in [6.45, 7) is 4.56. The van der Waals surface area contributed by atoms with Crippen LogP contribution in [0.15, 0.2) is 27.5 Å². The van der Waals surface area contributed by atoms with Gasteiger partial charge in [-0.15, -0.1) is 0 Å². The summed E-state index contributed by atoms with van der Waals surface area (Å²) in [5.74, 6) is -0.799. The number of aryl methyl sites for hydroxylation is 1. The zero-order valence-electron chi connectivity index (χ0n) is 14.8. The fraction of sp³-hybridized carbons (Fsp3) is 0.294. The number of anilines is 2. The normalized spacial score (nSPS) is 14.3. The molecule has 1 aromatic carbocycles. The van der Waals surface area contributed by atoms with Gasteiger partial charge in [0.2, 0.25) is 0 Å². The maximum absolute atomic E-state index is 12.9. The number of amides is 1. The van der Waals surface area contributed by atoms with Crippen LogP contribution >= 0.6 is 22.9 Å². The number of halogens is 1. The summed E-state index contributed by atoms with van der Waals surface area (Å²) in [6.07, 6.45) is 0. The number of aromatic amines is 1. The molecule has 0 bridgehead atoms. The van der Waals surface area contributed by atoms with Gasteiger partial charge < -0.3 is 15.0 Å². The zero-order valence-corrected chi connectivity index (χ0v) is 16.4. The van der Waals surface area contributed by atoms with Gasteiger partial charge in [-0.2, -0.15) is 0 Å². The summed E-state index contributed by atoms with van der Waals surface area (Å²) in [6, 6.07) is 4.86. The first-order chi connectivity index (χ1) is 13.5. The first kappa shape index (κ1) is 18.7. The van der Waals surface area contributed by atoms with E-state index in [1.54, 1.807) is 25.1 Å². The predicted octanol–water partition coefficient (Wildman–Crippen LogP) is 2.54. The van der Waals surface area contributed by atoms with Gasteiger partial charge in [-0.3, -0.25) is 14.3 Å². The number of benzene rings is 1. The van der Waals surface area contributed by atoms with Crippen molar-refractivity contribution in [1.82, 2.24) is 15.1 Å². The monoisotopic (exact) mass is 421 g/mol. The average molecular weight is 422 g/mol. The molecule has 1 aliphatic rings. The third-order valence-electron chi connectivity index (χ3n) is 4.20. The SMILES string of the molecule is Cc1nc(N2CCOCC2)sc1C(=O)Nc1cc(Cl)ccc1-c1noc(=O)[nH]1. The third kappa shape index (κ3) is 3.79. The Morgan fingerprint density at radius 1 is 1.36 bits per heavy atom. The Balaban J connectivity index is 1.61. The van der Waals surface area contributed by atoms with Crippen molar-refractivity contribution in [2.75, 3.05) is 36.5 Å². The van der Waals surface area contributed by atoms with E-state index < -0.39 is 5.76 Å². The Bertz CT molecular complexity index is 1070. The molecule has 11 heteroatoms. The maximum atomic E-state index is 12.9. The zero-order chi connectivity index (χ0) is 19.7. The molecular formula is C17H16ClN5O4S. The van der Waals surface area contributed by atoms with E-state index in [-0.39, 0.29) is 11.7 Å². The summed E-state index contributed by atoms with van der Waals surface area (Å²) in [5.41, 5.74) is 1.53. The van der Waals surface area contributed by atoms with Gasteiger partial charge in [0.25, 0.3) is 5.91 Å². The Hall–Kier alpha value is -2.69. The van der Waals surface area contributed by atoms with E-state index in [1.807, 2.05) is 0 Å². The van der Waals surface area contributed by atoms with Crippen molar-refractivity contribution in [3.05, 3.63) is 44.3 Å². The average Bonchev–Trinajstić information content (AvgIpc) is 3.28. The van der Waals surface area contributed by atoms with Crippen LogP contribution in [0.3, 0.4) is 0 Å². The summed E-state index contributed by atoms with van der Waals surface area (Å²) >= 11 is 7.41. The molecule has 0 aliphatic carbocycles. The molecule has 3 aromatic rings. The third-order valence-corrected chi connectivity index (χ3v) is 5.65. The molecule has 4 rings (SSSR count). The lowest BCUT2D eigenvalue weighted by molar-refractivity contribution is 0.103. The Morgan fingerprint density at radius 2 is 2.14 bits per heavy atom. The fourth-order valence-electron chi connectivity index (χ4n) is 2.83. The van der Waals surface area contributed by atoms with Crippen molar-refractivity contribution in [1.29, 1.82) is 0 Å². The van der Waals surface area contributed by atoms with Gasteiger partial charge in [0.15, 0.2) is 11.0 Å². The van der Waals surface area contributed by atoms with Crippen LogP contribution in [-0.4, -0.2) is 47.3 Å². The molecular weight excluding hydrogens is 406 g/mol. The first-order valence-electron chi connectivity index (χ1n) is 8.48. The molecule has 1 fully saturated rings. The van der Waals surface area contributed by atoms with Crippen LogP contribution in [0.25, 0.3) is 11.4 Å². The fourth-order valence-corrected chi connectivity index (χ4v) is 4.02.